The van der Waals surface area contributed by atoms with Gasteiger partial charge in [-0.2, -0.15) is 0 Å². The van der Waals surface area contributed by atoms with Gasteiger partial charge in [-0.3, -0.25) is 60.0 Å². The fraction of sp³-hybridized carbons (Fsp3) is 0.208. The van der Waals surface area contributed by atoms with Crippen molar-refractivity contribution in [2.75, 3.05) is 102 Å². The summed E-state index contributed by atoms with van der Waals surface area (Å²) in [5.74, 6) is 2.29. The van der Waals surface area contributed by atoms with E-state index >= 15 is 0 Å². The standard InChI is InChI=1S/C28H28ClN3O3.C27H26ClN3O3.C26H24ClN3O3.C25H22ClN3O3/c1-35-24-14-9-21(25(18-24)28(34)31-23-12-10-22(29)11-13-23)17-26(33)19-5-7-20(8-6-19)27(30)32-15-3-2-4-16-32;1-34-23-13-8-20(24(17-23)27(33)30-22-11-9-21(28)10-12-22)16-25(32)18-4-6-19(7-5-18)26(29)31-14-2-3-15-31;1-33-22-12-7-19(23(16-22)26(32)29-21-10-8-20(27)9-11-21)15-24(31)17-3-5-18(6-4-17)25(28)30-13-2-14-30;1-32-21-11-6-18(22(15-21)25(31)28-20-9-7-19(26)8-10-20)14-23(30)16-2-4-17(5-3-16)24(27)29-12-13-29/h5-14,18,30H,2-4,15-17H2,1H3,(H,31,34);4-13,17,29H,2-3,14-16H2,1H3,(H,30,33);3-12,16,28H,2,13-15H2,1H3,(H,29,32);2-11,15,27H,12-14H2,1H3,(H,28,31). The maximum atomic E-state index is 13.1. The first kappa shape index (κ1) is 97.0. The lowest BCUT2D eigenvalue weighted by atomic mass is 9.97. The molecule has 4 heterocycles. The van der Waals surface area contributed by atoms with E-state index in [0.29, 0.717) is 156 Å². The van der Waals surface area contributed by atoms with Crippen LogP contribution in [0.25, 0.3) is 0 Å². The Balaban J connectivity index is 0.000000152. The molecule has 0 aliphatic carbocycles. The Bertz CT molecular complexity index is 6310. The van der Waals surface area contributed by atoms with Crippen molar-refractivity contribution in [3.05, 3.63) is 376 Å². The van der Waals surface area contributed by atoms with E-state index in [2.05, 4.69) is 31.1 Å². The molecule has 4 amide bonds. The number of halogens is 4. The second-order valence-electron chi connectivity index (χ2n) is 32.1. The van der Waals surface area contributed by atoms with Crippen LogP contribution in [-0.4, -0.2) is 171 Å². The first-order valence-electron chi connectivity index (χ1n) is 43.6. The van der Waals surface area contributed by atoms with Crippen LogP contribution >= 0.6 is 46.4 Å². The lowest BCUT2D eigenvalue weighted by Gasteiger charge is -2.33. The average molecular weight is 1880 g/mol. The first-order valence-corrected chi connectivity index (χ1v) is 45.1. The van der Waals surface area contributed by atoms with Gasteiger partial charge >= 0.3 is 0 Å². The molecule has 0 atom stereocenters. The number of ether oxygens (including phenoxy) is 4. The number of anilines is 4. The van der Waals surface area contributed by atoms with Crippen LogP contribution in [0.15, 0.2) is 267 Å². The molecule has 0 saturated carbocycles. The van der Waals surface area contributed by atoms with Crippen molar-refractivity contribution < 1.29 is 57.3 Å². The number of Topliss-reactive ketones (excluding diaryl/α,β-unsaturated/α-hetero) is 4. The number of amides is 4. The zero-order valence-corrected chi connectivity index (χ0v) is 77.4. The van der Waals surface area contributed by atoms with Crippen molar-refractivity contribution in [1.82, 2.24) is 19.6 Å². The predicted octanol–water partition coefficient (Wildman–Crippen LogP) is 21.0. The molecule has 28 heteroatoms. The third kappa shape index (κ3) is 26.4. The van der Waals surface area contributed by atoms with E-state index in [4.69, 9.17) is 87.0 Å². The molecule has 16 rings (SSSR count). The van der Waals surface area contributed by atoms with Gasteiger partial charge in [-0.15, -0.1) is 0 Å². The number of nitrogens with one attached hydrogen (secondary N) is 8. The molecule has 0 bridgehead atoms. The smallest absolute Gasteiger partial charge is 0.256 e. The Labute approximate surface area is 797 Å². The number of hydrogen-bond acceptors (Lipinski definition) is 16. The molecule has 134 heavy (non-hydrogen) atoms. The number of likely N-dealkylation sites (tertiary alicyclic amines) is 3. The average Bonchev–Trinajstić information content (AvgIpc) is 0.928. The van der Waals surface area contributed by atoms with Crippen LogP contribution in [0.5, 0.6) is 23.0 Å². The molecule has 4 aliphatic heterocycles. The van der Waals surface area contributed by atoms with Crippen LogP contribution in [0.3, 0.4) is 0 Å². The minimum Gasteiger partial charge on any atom is -0.497 e. The Morgan fingerprint density at radius 3 is 0.619 bits per heavy atom. The highest BCUT2D eigenvalue weighted by Crippen LogP contribution is 2.31. The summed E-state index contributed by atoms with van der Waals surface area (Å²) in [7, 11) is 6.12. The lowest BCUT2D eigenvalue weighted by molar-refractivity contribution is 0.0980. The molecule has 24 nitrogen and oxygen atoms in total. The summed E-state index contributed by atoms with van der Waals surface area (Å²) in [6.07, 6.45) is 7.00. The van der Waals surface area contributed by atoms with Gasteiger partial charge in [-0.05, 0) is 206 Å². The number of nitrogens with zero attached hydrogens (tertiary/aromatic N) is 4. The van der Waals surface area contributed by atoms with Gasteiger partial charge in [-0.1, -0.05) is 168 Å². The van der Waals surface area contributed by atoms with Gasteiger partial charge in [0, 0.05) is 188 Å². The number of benzene rings is 12. The Morgan fingerprint density at radius 1 is 0.246 bits per heavy atom. The predicted molar refractivity (Wildman–Crippen MR) is 529 cm³/mol. The molecule has 8 N–H and O–H groups in total. The van der Waals surface area contributed by atoms with Gasteiger partial charge in [0.25, 0.3) is 23.6 Å². The third-order valence-corrected chi connectivity index (χ3v) is 24.0. The molecule has 4 saturated heterocycles. The summed E-state index contributed by atoms with van der Waals surface area (Å²) in [6, 6.07) is 76.1. The number of amidine groups is 4. The Morgan fingerprint density at radius 2 is 0.433 bits per heavy atom. The van der Waals surface area contributed by atoms with Crippen LogP contribution < -0.4 is 40.2 Å². The Hall–Kier alpha value is -14.6. The number of ketones is 4. The minimum atomic E-state index is -0.337. The SMILES string of the molecule is COc1ccc(CC(=O)c2ccc(C(=N)N3CC3)cc2)c(C(=O)Nc2ccc(Cl)cc2)c1.COc1ccc(CC(=O)c2ccc(C(=N)N3CCC3)cc2)c(C(=O)Nc2ccc(Cl)cc2)c1.COc1ccc(CC(=O)c2ccc(C(=N)N3CCCC3)cc2)c(C(=O)Nc2ccc(Cl)cc2)c1.COc1ccc(CC(=O)c2ccc(C(=N)N3CCCCC3)cc2)c(C(=O)Nc2ccc(Cl)cc2)c1. The van der Waals surface area contributed by atoms with Crippen molar-refractivity contribution in [3.63, 3.8) is 0 Å². The van der Waals surface area contributed by atoms with E-state index in [1.54, 1.807) is 243 Å². The maximum Gasteiger partial charge on any atom is 0.256 e. The number of carbonyl (C=O) groups excluding carboxylic acids is 8. The summed E-state index contributed by atoms with van der Waals surface area (Å²) in [6.45, 7) is 7.21. The molecular weight excluding hydrogens is 1780 g/mol. The summed E-state index contributed by atoms with van der Waals surface area (Å²) < 4.78 is 21.1. The second-order valence-corrected chi connectivity index (χ2v) is 33.9. The van der Waals surface area contributed by atoms with Gasteiger partial charge in [0.2, 0.25) is 0 Å². The topological polar surface area (TPSA) is 330 Å². The zero-order valence-electron chi connectivity index (χ0n) is 74.3. The summed E-state index contributed by atoms with van der Waals surface area (Å²) in [4.78, 5) is 112. The first-order chi connectivity index (χ1) is 64.8. The normalized spacial score (nSPS) is 12.8. The van der Waals surface area contributed by atoms with E-state index in [1.807, 2.05) is 34.1 Å². The minimum absolute atomic E-state index is 0.0658. The van der Waals surface area contributed by atoms with Crippen LogP contribution in [0.4, 0.5) is 22.7 Å². The quantitative estimate of drug-likeness (QED) is 0.00977. The summed E-state index contributed by atoms with van der Waals surface area (Å²) >= 11 is 23.7. The fourth-order valence-electron chi connectivity index (χ4n) is 15.1. The van der Waals surface area contributed by atoms with Gasteiger partial charge in [0.1, 0.15) is 46.3 Å². The molecule has 684 valence electrons. The summed E-state index contributed by atoms with van der Waals surface area (Å²) in [5.41, 5.74) is 11.6. The number of hydrogen-bond donors (Lipinski definition) is 8. The molecule has 0 spiro atoms. The largest absolute Gasteiger partial charge is 0.497 e. The highest BCUT2D eigenvalue weighted by Gasteiger charge is 2.27. The second kappa shape index (κ2) is 46.5. The van der Waals surface area contributed by atoms with Crippen molar-refractivity contribution in [2.45, 2.75) is 64.2 Å². The molecule has 4 fully saturated rings. The lowest BCUT2D eigenvalue weighted by Crippen LogP contribution is -2.42. The van der Waals surface area contributed by atoms with Crippen molar-refractivity contribution in [1.29, 1.82) is 21.6 Å². The van der Waals surface area contributed by atoms with Crippen molar-refractivity contribution in [2.24, 2.45) is 0 Å². The molecule has 12 aromatic carbocycles. The van der Waals surface area contributed by atoms with E-state index in [0.717, 1.165) is 107 Å². The highest BCUT2D eigenvalue weighted by molar-refractivity contribution is 6.32. The van der Waals surface area contributed by atoms with E-state index in [-0.39, 0.29) is 72.4 Å². The third-order valence-electron chi connectivity index (χ3n) is 23.0. The molecular formula is C106H100Cl4N12O12. The molecule has 0 aromatic heterocycles. The monoisotopic (exact) mass is 1870 g/mol. The van der Waals surface area contributed by atoms with E-state index in [9.17, 15) is 38.4 Å². The summed E-state index contributed by atoms with van der Waals surface area (Å²) in [5, 5.41) is 46.9. The maximum absolute atomic E-state index is 13.1. The fourth-order valence-corrected chi connectivity index (χ4v) is 15.6. The van der Waals surface area contributed by atoms with Gasteiger partial charge < -0.3 is 59.8 Å². The van der Waals surface area contributed by atoms with Gasteiger partial charge in [-0.25, -0.2) is 0 Å². The van der Waals surface area contributed by atoms with Gasteiger partial charge in [0.05, 0.1) is 28.4 Å². The van der Waals surface area contributed by atoms with Crippen LogP contribution in [0.2, 0.25) is 20.1 Å². The molecule has 12 aromatic rings. The van der Waals surface area contributed by atoms with Crippen molar-refractivity contribution in [3.8, 4) is 23.0 Å². The van der Waals surface area contributed by atoms with Crippen LogP contribution in [0, 0.1) is 21.6 Å². The number of carbonyl (C=O) groups is 8. The Kier molecular flexibility index (Phi) is 33.7. The molecule has 0 unspecified atom stereocenters. The van der Waals surface area contributed by atoms with Crippen LogP contribution in [-0.2, 0) is 25.7 Å². The van der Waals surface area contributed by atoms with Crippen LogP contribution in [0.1, 0.15) is 166 Å². The van der Waals surface area contributed by atoms with Gasteiger partial charge in [0.15, 0.2) is 23.1 Å². The van der Waals surface area contributed by atoms with E-state index in [1.165, 1.54) is 34.9 Å². The van der Waals surface area contributed by atoms with E-state index < -0.39 is 0 Å². The number of piperidine rings is 1. The zero-order chi connectivity index (χ0) is 94.9. The number of rotatable bonds is 28. The number of methoxy groups -OCH3 is 4. The molecule has 0 radical (unpaired) electrons. The highest BCUT2D eigenvalue weighted by atomic mass is 35.5. The molecule has 4 aliphatic rings. The van der Waals surface area contributed by atoms with Crippen molar-refractivity contribution >= 4 is 139 Å².